The molecule has 0 bridgehead atoms. The average Bonchev–Trinajstić information content (AvgIpc) is 2.57. The van der Waals surface area contributed by atoms with Gasteiger partial charge >= 0.3 is 0 Å². The molecule has 140 valence electrons. The molecule has 0 spiro atoms. The number of benzene rings is 2. The number of carbonyl (C=O) groups is 1. The van der Waals surface area contributed by atoms with Crippen molar-refractivity contribution in [2.75, 3.05) is 12.4 Å². The molecule has 0 radical (unpaired) electrons. The number of carbonyl (C=O) groups excluding carboxylic acids is 1. The zero-order valence-corrected chi connectivity index (χ0v) is 15.3. The standard InChI is InChI=1S/C16H15ClF2N2O4S/c1-9(16(22)20-15-11(18)4-3-5-12(15)19)21-26(23,24)14-8-10(17)6-7-13(14)25-2/h3-9,21H,1-2H3,(H,20,22)/t9-/m1/s1. The number of anilines is 1. The number of methoxy groups -OCH3 is 1. The van der Waals surface area contributed by atoms with E-state index < -0.39 is 39.3 Å². The summed E-state index contributed by atoms with van der Waals surface area (Å²) in [5.41, 5.74) is -0.663. The minimum absolute atomic E-state index is 0.0228. The molecule has 0 aliphatic carbocycles. The van der Waals surface area contributed by atoms with Gasteiger partial charge in [0.25, 0.3) is 0 Å². The molecule has 26 heavy (non-hydrogen) atoms. The first-order valence-electron chi connectivity index (χ1n) is 7.26. The van der Waals surface area contributed by atoms with Gasteiger partial charge in [0.15, 0.2) is 0 Å². The van der Waals surface area contributed by atoms with Gasteiger partial charge in [0.1, 0.15) is 28.0 Å². The van der Waals surface area contributed by atoms with Crippen LogP contribution < -0.4 is 14.8 Å². The van der Waals surface area contributed by atoms with E-state index in [1.807, 2.05) is 5.32 Å². The fraction of sp³-hybridized carbons (Fsp3) is 0.188. The van der Waals surface area contributed by atoms with Crippen LogP contribution >= 0.6 is 11.6 Å². The molecular formula is C16H15ClF2N2O4S. The van der Waals surface area contributed by atoms with Crippen LogP contribution in [0.25, 0.3) is 0 Å². The van der Waals surface area contributed by atoms with Crippen LogP contribution in [-0.2, 0) is 14.8 Å². The molecule has 10 heteroatoms. The number of amides is 1. The molecule has 0 fully saturated rings. The van der Waals surface area contributed by atoms with Crippen molar-refractivity contribution in [3.05, 3.63) is 53.1 Å². The Morgan fingerprint density at radius 3 is 2.38 bits per heavy atom. The quantitative estimate of drug-likeness (QED) is 0.775. The first-order valence-corrected chi connectivity index (χ1v) is 9.12. The molecule has 2 N–H and O–H groups in total. The molecule has 6 nitrogen and oxygen atoms in total. The number of para-hydroxylation sites is 1. The molecule has 2 rings (SSSR count). The third-order valence-corrected chi connectivity index (χ3v) is 5.15. The average molecular weight is 405 g/mol. The molecule has 0 saturated carbocycles. The van der Waals surface area contributed by atoms with Crippen molar-refractivity contribution in [3.63, 3.8) is 0 Å². The van der Waals surface area contributed by atoms with Gasteiger partial charge in [0.2, 0.25) is 15.9 Å². The number of rotatable bonds is 6. The highest BCUT2D eigenvalue weighted by molar-refractivity contribution is 7.89. The van der Waals surface area contributed by atoms with Crippen molar-refractivity contribution < 1.29 is 26.7 Å². The van der Waals surface area contributed by atoms with Crippen LogP contribution in [-0.4, -0.2) is 27.5 Å². The third-order valence-electron chi connectivity index (χ3n) is 3.35. The van der Waals surface area contributed by atoms with Crippen LogP contribution in [0.1, 0.15) is 6.92 Å². The Kier molecular flexibility index (Phi) is 6.17. The van der Waals surface area contributed by atoms with E-state index in [9.17, 15) is 22.0 Å². The highest BCUT2D eigenvalue weighted by atomic mass is 35.5. The normalized spacial score (nSPS) is 12.5. The third kappa shape index (κ3) is 4.48. The number of hydrogen-bond acceptors (Lipinski definition) is 4. The fourth-order valence-electron chi connectivity index (χ4n) is 2.06. The Morgan fingerprint density at radius 1 is 1.19 bits per heavy atom. The lowest BCUT2D eigenvalue weighted by Gasteiger charge is -2.16. The topological polar surface area (TPSA) is 84.5 Å². The van der Waals surface area contributed by atoms with Gasteiger partial charge < -0.3 is 10.1 Å². The molecule has 1 amide bonds. The van der Waals surface area contributed by atoms with Gasteiger partial charge in [0.05, 0.1) is 13.2 Å². The van der Waals surface area contributed by atoms with Gasteiger partial charge in [-0.15, -0.1) is 0 Å². The number of halogens is 3. The van der Waals surface area contributed by atoms with Crippen LogP contribution in [0.4, 0.5) is 14.5 Å². The molecule has 2 aromatic rings. The maximum Gasteiger partial charge on any atom is 0.245 e. The molecule has 2 aromatic carbocycles. The number of ether oxygens (including phenoxy) is 1. The Balaban J connectivity index is 2.22. The molecule has 0 aromatic heterocycles. The SMILES string of the molecule is COc1ccc(Cl)cc1S(=O)(=O)N[C@H](C)C(=O)Nc1c(F)cccc1F. The van der Waals surface area contributed by atoms with E-state index in [0.29, 0.717) is 0 Å². The smallest absolute Gasteiger partial charge is 0.245 e. The largest absolute Gasteiger partial charge is 0.495 e. The van der Waals surface area contributed by atoms with Gasteiger partial charge in [-0.2, -0.15) is 4.72 Å². The van der Waals surface area contributed by atoms with Gasteiger partial charge in [0, 0.05) is 5.02 Å². The summed E-state index contributed by atoms with van der Waals surface area (Å²) in [7, 11) is -2.91. The van der Waals surface area contributed by atoms with Crippen LogP contribution in [0.15, 0.2) is 41.3 Å². The van der Waals surface area contributed by atoms with Crippen molar-refractivity contribution in [1.82, 2.24) is 4.72 Å². The summed E-state index contributed by atoms with van der Waals surface area (Å²) in [5.74, 6) is -2.89. The molecule has 1 atom stereocenters. The number of nitrogens with one attached hydrogen (secondary N) is 2. The molecular weight excluding hydrogens is 390 g/mol. The number of hydrogen-bond donors (Lipinski definition) is 2. The van der Waals surface area contributed by atoms with E-state index in [4.69, 9.17) is 16.3 Å². The van der Waals surface area contributed by atoms with E-state index in [2.05, 4.69) is 4.72 Å². The molecule has 0 heterocycles. The maximum atomic E-state index is 13.6. The fourth-order valence-corrected chi connectivity index (χ4v) is 3.69. The molecule has 0 aliphatic rings. The Hall–Kier alpha value is -2.23. The van der Waals surface area contributed by atoms with Crippen LogP contribution in [0.3, 0.4) is 0 Å². The lowest BCUT2D eigenvalue weighted by molar-refractivity contribution is -0.117. The first-order chi connectivity index (χ1) is 12.2. The zero-order valence-electron chi connectivity index (χ0n) is 13.7. The highest BCUT2D eigenvalue weighted by Gasteiger charge is 2.26. The van der Waals surface area contributed by atoms with Gasteiger partial charge in [-0.1, -0.05) is 17.7 Å². The Labute approximate surface area is 154 Å². The van der Waals surface area contributed by atoms with E-state index in [1.54, 1.807) is 0 Å². The van der Waals surface area contributed by atoms with Crippen molar-refractivity contribution in [2.24, 2.45) is 0 Å². The summed E-state index contributed by atoms with van der Waals surface area (Å²) in [6.45, 7) is 1.22. The second-order valence-electron chi connectivity index (χ2n) is 5.22. The van der Waals surface area contributed by atoms with E-state index in [-0.39, 0.29) is 15.7 Å². The summed E-state index contributed by atoms with van der Waals surface area (Å²) >= 11 is 5.81. The Morgan fingerprint density at radius 2 is 1.81 bits per heavy atom. The summed E-state index contributed by atoms with van der Waals surface area (Å²) in [6.07, 6.45) is 0. The van der Waals surface area contributed by atoms with Crippen molar-refractivity contribution in [2.45, 2.75) is 17.9 Å². The van der Waals surface area contributed by atoms with Crippen LogP contribution in [0, 0.1) is 11.6 Å². The summed E-state index contributed by atoms with van der Waals surface area (Å²) in [4.78, 5) is 11.8. The van der Waals surface area contributed by atoms with Gasteiger partial charge in [-0.25, -0.2) is 17.2 Å². The molecule has 0 saturated heterocycles. The van der Waals surface area contributed by atoms with E-state index in [0.717, 1.165) is 24.3 Å². The maximum absolute atomic E-state index is 13.6. The molecule has 0 aliphatic heterocycles. The van der Waals surface area contributed by atoms with E-state index in [1.165, 1.54) is 26.2 Å². The monoisotopic (exact) mass is 404 g/mol. The summed E-state index contributed by atoms with van der Waals surface area (Å²) in [5, 5.41) is 2.17. The second-order valence-corrected chi connectivity index (χ2v) is 7.34. The minimum atomic E-state index is -4.19. The second kappa shape index (κ2) is 7.98. The minimum Gasteiger partial charge on any atom is -0.495 e. The van der Waals surface area contributed by atoms with Crippen molar-refractivity contribution in [3.8, 4) is 5.75 Å². The van der Waals surface area contributed by atoms with Gasteiger partial charge in [-0.05, 0) is 37.3 Å². The highest BCUT2D eigenvalue weighted by Crippen LogP contribution is 2.27. The molecule has 0 unspecified atom stereocenters. The first kappa shape index (κ1) is 20.1. The zero-order chi connectivity index (χ0) is 19.5. The number of sulfonamides is 1. The Bertz CT molecular complexity index is 918. The van der Waals surface area contributed by atoms with Crippen molar-refractivity contribution >= 4 is 33.2 Å². The van der Waals surface area contributed by atoms with Crippen LogP contribution in [0.5, 0.6) is 5.75 Å². The lowest BCUT2D eigenvalue weighted by Crippen LogP contribution is -2.41. The summed E-state index contributed by atoms with van der Waals surface area (Å²) < 4.78 is 59.3. The lowest BCUT2D eigenvalue weighted by atomic mass is 10.2. The van der Waals surface area contributed by atoms with Crippen molar-refractivity contribution in [1.29, 1.82) is 0 Å². The predicted octanol–water partition coefficient (Wildman–Crippen LogP) is 2.93. The summed E-state index contributed by atoms with van der Waals surface area (Å²) in [6, 6.07) is 5.69. The predicted molar refractivity (Wildman–Crippen MR) is 92.8 cm³/mol. The van der Waals surface area contributed by atoms with Gasteiger partial charge in [-0.3, -0.25) is 4.79 Å². The van der Waals surface area contributed by atoms with E-state index >= 15 is 0 Å². The van der Waals surface area contributed by atoms with Crippen LogP contribution in [0.2, 0.25) is 5.02 Å².